The summed E-state index contributed by atoms with van der Waals surface area (Å²) >= 11 is 0. The quantitative estimate of drug-likeness (QED) is 0.399. The van der Waals surface area contributed by atoms with Gasteiger partial charge in [0.15, 0.2) is 0 Å². The highest BCUT2D eigenvalue weighted by molar-refractivity contribution is 5.69. The summed E-state index contributed by atoms with van der Waals surface area (Å²) in [5, 5.41) is 4.60. The first-order valence-electron chi connectivity index (χ1n) is 11.3. The van der Waals surface area contributed by atoms with E-state index in [-0.39, 0.29) is 11.4 Å². The molecule has 0 saturated carbocycles. The lowest BCUT2D eigenvalue weighted by Gasteiger charge is -2.32. The van der Waals surface area contributed by atoms with Crippen LogP contribution >= 0.6 is 0 Å². The van der Waals surface area contributed by atoms with Gasteiger partial charge in [0, 0.05) is 49.4 Å². The van der Waals surface area contributed by atoms with E-state index in [9.17, 15) is 13.2 Å². The van der Waals surface area contributed by atoms with Crippen molar-refractivity contribution in [3.8, 4) is 28.1 Å². The molecule has 5 rings (SSSR count). The third kappa shape index (κ3) is 4.49. The van der Waals surface area contributed by atoms with Gasteiger partial charge < -0.3 is 4.90 Å². The Kier molecular flexibility index (Phi) is 6.22. The number of halogens is 3. The third-order valence-corrected chi connectivity index (χ3v) is 6.32. The molecule has 4 aromatic rings. The van der Waals surface area contributed by atoms with Gasteiger partial charge >= 0.3 is 0 Å². The maximum absolute atomic E-state index is 14.9. The number of benzene rings is 3. The fourth-order valence-electron chi connectivity index (χ4n) is 4.38. The van der Waals surface area contributed by atoms with Crippen LogP contribution in [0.1, 0.15) is 5.56 Å². The van der Waals surface area contributed by atoms with Gasteiger partial charge in [-0.3, -0.25) is 4.90 Å². The van der Waals surface area contributed by atoms with Crippen LogP contribution in [0.5, 0.6) is 0 Å². The zero-order valence-electron chi connectivity index (χ0n) is 18.9. The molecule has 0 unspecified atom stereocenters. The Labute approximate surface area is 196 Å². The second-order valence-electron chi connectivity index (χ2n) is 8.66. The van der Waals surface area contributed by atoms with Crippen molar-refractivity contribution in [2.45, 2.75) is 6.54 Å². The van der Waals surface area contributed by atoms with Crippen molar-refractivity contribution in [3.63, 3.8) is 0 Å². The van der Waals surface area contributed by atoms with Crippen LogP contribution in [0, 0.1) is 17.5 Å². The van der Waals surface area contributed by atoms with Gasteiger partial charge in [0.25, 0.3) is 0 Å². The van der Waals surface area contributed by atoms with E-state index in [0.717, 1.165) is 43.9 Å². The first kappa shape index (κ1) is 22.4. The molecule has 0 aliphatic carbocycles. The van der Waals surface area contributed by atoms with E-state index in [4.69, 9.17) is 0 Å². The number of hydrogen-bond acceptors (Lipinski definition) is 3. The van der Waals surface area contributed by atoms with E-state index in [1.807, 2.05) is 6.07 Å². The molecule has 0 atom stereocenters. The minimum absolute atomic E-state index is 0.192. The van der Waals surface area contributed by atoms with Gasteiger partial charge in [-0.2, -0.15) is 5.10 Å². The number of rotatable bonds is 5. The van der Waals surface area contributed by atoms with E-state index >= 15 is 0 Å². The summed E-state index contributed by atoms with van der Waals surface area (Å²) in [4.78, 5) is 4.64. The maximum atomic E-state index is 14.9. The minimum Gasteiger partial charge on any atom is -0.304 e. The minimum atomic E-state index is -0.497. The van der Waals surface area contributed by atoms with Crippen molar-refractivity contribution in [1.29, 1.82) is 0 Å². The van der Waals surface area contributed by atoms with E-state index < -0.39 is 11.6 Å². The SMILES string of the molecule is CN1CCN(Cc2cnn(-c3ccc(-c4cc(F)ccc4F)cc3)c2-c2ccccc2F)CC1. The van der Waals surface area contributed by atoms with Gasteiger partial charge in [0.2, 0.25) is 0 Å². The molecule has 0 bridgehead atoms. The Morgan fingerprint density at radius 1 is 0.794 bits per heavy atom. The van der Waals surface area contributed by atoms with Crippen LogP contribution in [0.3, 0.4) is 0 Å². The van der Waals surface area contributed by atoms with Crippen LogP contribution in [0.15, 0.2) is 72.9 Å². The highest BCUT2D eigenvalue weighted by Gasteiger charge is 2.21. The summed E-state index contributed by atoms with van der Waals surface area (Å²) in [6.07, 6.45) is 1.79. The Hall–Kier alpha value is -3.42. The van der Waals surface area contributed by atoms with Crippen LogP contribution in [0.2, 0.25) is 0 Å². The Morgan fingerprint density at radius 3 is 2.24 bits per heavy atom. The predicted molar refractivity (Wildman–Crippen MR) is 127 cm³/mol. The van der Waals surface area contributed by atoms with Gasteiger partial charge in [-0.25, -0.2) is 17.9 Å². The lowest BCUT2D eigenvalue weighted by atomic mass is 10.0. The lowest BCUT2D eigenvalue weighted by molar-refractivity contribution is 0.148. The molecule has 0 spiro atoms. The largest absolute Gasteiger partial charge is 0.304 e. The molecule has 1 aliphatic rings. The summed E-state index contributed by atoms with van der Waals surface area (Å²) < 4.78 is 44.5. The highest BCUT2D eigenvalue weighted by atomic mass is 19.1. The normalized spacial score (nSPS) is 15.1. The predicted octanol–water partition coefficient (Wildman–Crippen LogP) is 5.37. The summed E-state index contributed by atoms with van der Waals surface area (Å²) in [7, 11) is 2.11. The zero-order chi connectivity index (χ0) is 23.7. The second-order valence-corrected chi connectivity index (χ2v) is 8.66. The highest BCUT2D eigenvalue weighted by Crippen LogP contribution is 2.31. The van der Waals surface area contributed by atoms with Crippen molar-refractivity contribution in [1.82, 2.24) is 19.6 Å². The molecule has 0 radical (unpaired) electrons. The number of nitrogens with zero attached hydrogens (tertiary/aromatic N) is 4. The molecular formula is C27H25F3N4. The molecule has 1 aromatic heterocycles. The van der Waals surface area contributed by atoms with E-state index in [2.05, 4.69) is 21.9 Å². The standard InChI is InChI=1S/C27H25F3N4/c1-32-12-14-33(15-13-32)18-20-17-31-34(27(20)23-4-2-3-5-25(23)29)22-9-6-19(7-10-22)24-16-21(28)8-11-26(24)30/h2-11,16-17H,12-15,18H2,1H3. The summed E-state index contributed by atoms with van der Waals surface area (Å²) in [6, 6.07) is 17.1. The van der Waals surface area contributed by atoms with Crippen LogP contribution in [-0.4, -0.2) is 52.8 Å². The third-order valence-electron chi connectivity index (χ3n) is 6.32. The molecule has 0 amide bonds. The topological polar surface area (TPSA) is 24.3 Å². The maximum Gasteiger partial charge on any atom is 0.132 e. The second kappa shape index (κ2) is 9.44. The van der Waals surface area contributed by atoms with Crippen LogP contribution in [0.25, 0.3) is 28.1 Å². The van der Waals surface area contributed by atoms with Crippen LogP contribution in [-0.2, 0) is 6.54 Å². The lowest BCUT2D eigenvalue weighted by Crippen LogP contribution is -2.43. The molecule has 1 saturated heterocycles. The number of likely N-dealkylation sites (N-methyl/N-ethyl adjacent to an activating group) is 1. The molecule has 0 N–H and O–H groups in total. The molecule has 7 heteroatoms. The first-order chi connectivity index (χ1) is 16.5. The van der Waals surface area contributed by atoms with Gasteiger partial charge in [0.05, 0.1) is 17.6 Å². The van der Waals surface area contributed by atoms with Crippen molar-refractivity contribution < 1.29 is 13.2 Å². The molecule has 1 fully saturated rings. The van der Waals surface area contributed by atoms with Crippen LogP contribution in [0.4, 0.5) is 13.2 Å². The Bertz CT molecular complexity index is 1290. The van der Waals surface area contributed by atoms with Crippen molar-refractivity contribution in [3.05, 3.63) is 95.9 Å². The van der Waals surface area contributed by atoms with Gasteiger partial charge in [0.1, 0.15) is 17.5 Å². The summed E-state index contributed by atoms with van der Waals surface area (Å²) in [5.74, 6) is -1.31. The van der Waals surface area contributed by atoms with E-state index in [1.165, 1.54) is 12.1 Å². The summed E-state index contributed by atoms with van der Waals surface area (Å²) in [5.41, 5.74) is 3.57. The molecule has 174 valence electrons. The Morgan fingerprint density at radius 2 is 1.50 bits per heavy atom. The number of hydrogen-bond donors (Lipinski definition) is 0. The Balaban J connectivity index is 1.53. The van der Waals surface area contributed by atoms with Crippen molar-refractivity contribution in [2.75, 3.05) is 33.2 Å². The van der Waals surface area contributed by atoms with Crippen molar-refractivity contribution >= 4 is 0 Å². The molecule has 34 heavy (non-hydrogen) atoms. The first-order valence-corrected chi connectivity index (χ1v) is 11.3. The molecule has 3 aromatic carbocycles. The zero-order valence-corrected chi connectivity index (χ0v) is 18.9. The smallest absolute Gasteiger partial charge is 0.132 e. The van der Waals surface area contributed by atoms with Gasteiger partial charge in [-0.1, -0.05) is 24.3 Å². The average Bonchev–Trinajstić information content (AvgIpc) is 3.25. The van der Waals surface area contributed by atoms with Crippen molar-refractivity contribution in [2.24, 2.45) is 0 Å². The summed E-state index contributed by atoms with van der Waals surface area (Å²) in [6.45, 7) is 4.52. The molecule has 4 nitrogen and oxygen atoms in total. The average molecular weight is 463 g/mol. The monoisotopic (exact) mass is 462 g/mol. The van der Waals surface area contributed by atoms with E-state index in [0.29, 0.717) is 29.1 Å². The van der Waals surface area contributed by atoms with E-state index in [1.54, 1.807) is 47.3 Å². The fraction of sp³-hybridized carbons (Fsp3) is 0.222. The number of piperazine rings is 1. The van der Waals surface area contributed by atoms with Crippen LogP contribution < -0.4 is 0 Å². The number of aromatic nitrogens is 2. The molecular weight excluding hydrogens is 437 g/mol. The fourth-order valence-corrected chi connectivity index (χ4v) is 4.38. The van der Waals surface area contributed by atoms with Gasteiger partial charge in [-0.05, 0) is 55.1 Å². The molecule has 2 heterocycles. The molecule has 1 aliphatic heterocycles. The van der Waals surface area contributed by atoms with Gasteiger partial charge in [-0.15, -0.1) is 0 Å².